The Balaban J connectivity index is 2.33. The number of amides is 1. The summed E-state index contributed by atoms with van der Waals surface area (Å²) in [6.45, 7) is 1.49. The second-order valence-electron chi connectivity index (χ2n) is 5.89. The molecule has 0 saturated heterocycles. The number of thiazole rings is 1. The van der Waals surface area contributed by atoms with E-state index in [1.165, 1.54) is 6.92 Å². The second-order valence-corrected chi connectivity index (χ2v) is 6.90. The van der Waals surface area contributed by atoms with Gasteiger partial charge in [0.2, 0.25) is 0 Å². The zero-order valence-corrected chi connectivity index (χ0v) is 15.4. The van der Waals surface area contributed by atoms with Crippen molar-refractivity contribution in [1.82, 2.24) is 4.57 Å². The van der Waals surface area contributed by atoms with Crippen molar-refractivity contribution < 1.29 is 36.6 Å². The first-order chi connectivity index (χ1) is 13.6. The van der Waals surface area contributed by atoms with E-state index in [0.29, 0.717) is 23.5 Å². The Labute approximate surface area is 163 Å². The van der Waals surface area contributed by atoms with Gasteiger partial charge >= 0.3 is 5.97 Å². The van der Waals surface area contributed by atoms with Crippen molar-refractivity contribution in [3.8, 4) is 0 Å². The number of carboxylic acid groups (broad SMARTS) is 1. The van der Waals surface area contributed by atoms with Crippen molar-refractivity contribution in [2.45, 2.75) is 19.4 Å². The van der Waals surface area contributed by atoms with Crippen LogP contribution in [0.3, 0.4) is 0 Å². The predicted molar refractivity (Wildman–Crippen MR) is 92.9 cm³/mol. The Kier molecular flexibility index (Phi) is 5.51. The molecule has 29 heavy (non-hydrogen) atoms. The summed E-state index contributed by atoms with van der Waals surface area (Å²) in [5, 5.41) is 9.45. The highest BCUT2D eigenvalue weighted by molar-refractivity contribution is 7.16. The molecule has 1 unspecified atom stereocenters. The molecule has 1 amide bonds. The summed E-state index contributed by atoms with van der Waals surface area (Å²) in [7, 11) is 0. The van der Waals surface area contributed by atoms with Gasteiger partial charge in [0.1, 0.15) is 17.4 Å². The van der Waals surface area contributed by atoms with Gasteiger partial charge in [0.05, 0.1) is 10.2 Å². The average molecular weight is 430 g/mol. The third-order valence-electron chi connectivity index (χ3n) is 4.11. The Hall–Kier alpha value is -3.08. The van der Waals surface area contributed by atoms with Crippen molar-refractivity contribution in [3.63, 3.8) is 0 Å². The lowest BCUT2D eigenvalue weighted by atomic mass is 10.2. The van der Waals surface area contributed by atoms with Crippen molar-refractivity contribution in [3.05, 3.63) is 63.7 Å². The summed E-state index contributed by atoms with van der Waals surface area (Å²) in [4.78, 5) is 27.1. The molecule has 2 aromatic carbocycles. The molecule has 3 rings (SSSR count). The van der Waals surface area contributed by atoms with Gasteiger partial charge in [0.15, 0.2) is 28.1 Å². The number of benzene rings is 2. The van der Waals surface area contributed by atoms with Crippen LogP contribution in [0.15, 0.2) is 29.3 Å². The average Bonchev–Trinajstić information content (AvgIpc) is 2.96. The van der Waals surface area contributed by atoms with Crippen molar-refractivity contribution in [2.75, 3.05) is 0 Å². The molecule has 152 valence electrons. The lowest BCUT2D eigenvalue weighted by molar-refractivity contribution is -0.140. The first kappa shape index (κ1) is 20.6. The summed E-state index contributed by atoms with van der Waals surface area (Å²) in [6.07, 6.45) is -0.0236. The molecule has 0 aliphatic carbocycles. The second kappa shape index (κ2) is 7.74. The van der Waals surface area contributed by atoms with E-state index in [0.717, 1.165) is 16.7 Å². The van der Waals surface area contributed by atoms with Crippen molar-refractivity contribution in [2.24, 2.45) is 4.99 Å². The van der Waals surface area contributed by atoms with Gasteiger partial charge in [-0.05, 0) is 24.6 Å². The third kappa shape index (κ3) is 3.65. The maximum Gasteiger partial charge on any atom is 0.326 e. The summed E-state index contributed by atoms with van der Waals surface area (Å²) < 4.78 is 69.4. The zero-order chi connectivity index (χ0) is 21.5. The van der Waals surface area contributed by atoms with Gasteiger partial charge in [0.25, 0.3) is 5.91 Å². The number of carbonyl (C=O) groups excluding carboxylic acids is 1. The van der Waals surface area contributed by atoms with E-state index >= 15 is 0 Å². The lowest BCUT2D eigenvalue weighted by Gasteiger charge is -2.13. The van der Waals surface area contributed by atoms with Gasteiger partial charge in [-0.25, -0.2) is 26.7 Å². The minimum Gasteiger partial charge on any atom is -0.480 e. The Morgan fingerprint density at radius 1 is 1.07 bits per heavy atom. The van der Waals surface area contributed by atoms with E-state index in [1.54, 1.807) is 0 Å². The third-order valence-corrected chi connectivity index (χ3v) is 5.12. The van der Waals surface area contributed by atoms with Crippen LogP contribution in [-0.4, -0.2) is 21.6 Å². The molecule has 0 saturated carbocycles. The largest absolute Gasteiger partial charge is 0.480 e. The fraction of sp³-hybridized carbons (Fsp3) is 0.167. The molecule has 0 spiro atoms. The molecule has 0 fully saturated rings. The quantitative estimate of drug-likeness (QED) is 0.499. The number of carbonyl (C=O) groups is 2. The molecule has 0 radical (unpaired) electrons. The zero-order valence-electron chi connectivity index (χ0n) is 14.6. The van der Waals surface area contributed by atoms with Crippen LogP contribution in [0.2, 0.25) is 0 Å². The fourth-order valence-corrected chi connectivity index (χ4v) is 3.82. The number of nitrogens with zero attached hydrogens (tertiary/aromatic N) is 2. The van der Waals surface area contributed by atoms with Crippen molar-refractivity contribution >= 4 is 33.4 Å². The first-order valence-corrected chi connectivity index (χ1v) is 8.92. The highest BCUT2D eigenvalue weighted by Gasteiger charge is 2.25. The van der Waals surface area contributed by atoms with Crippen LogP contribution in [0.25, 0.3) is 10.2 Å². The summed E-state index contributed by atoms with van der Waals surface area (Å²) >= 11 is 0.614. The van der Waals surface area contributed by atoms with Crippen LogP contribution >= 0.6 is 11.3 Å². The molecule has 11 heteroatoms. The van der Waals surface area contributed by atoms with Crippen LogP contribution in [0, 0.1) is 29.1 Å². The van der Waals surface area contributed by atoms with Gasteiger partial charge in [-0.3, -0.25) is 4.79 Å². The number of halogens is 5. The van der Waals surface area contributed by atoms with Crippen LogP contribution < -0.4 is 4.80 Å². The molecule has 1 atom stereocenters. The number of carboxylic acids is 1. The van der Waals surface area contributed by atoms with E-state index in [1.807, 2.05) is 0 Å². The first-order valence-electron chi connectivity index (χ1n) is 8.11. The minimum absolute atomic E-state index is 0.0236. The number of hydrogen-bond donors (Lipinski definition) is 1. The van der Waals surface area contributed by atoms with E-state index in [-0.39, 0.29) is 21.4 Å². The van der Waals surface area contributed by atoms with Crippen molar-refractivity contribution in [1.29, 1.82) is 0 Å². The molecular weight excluding hydrogens is 419 g/mol. The number of aromatic nitrogens is 1. The van der Waals surface area contributed by atoms with Gasteiger partial charge in [-0.15, -0.1) is 0 Å². The Bertz CT molecular complexity index is 1220. The molecular formula is C18H11F5N2O3S. The molecule has 1 aromatic heterocycles. The standard InChI is InChI=1S/C18H11F5N2O3S/c1-2-11(17(27)28)25-12-5-9(21)10(22)6-13(12)29-18(25)24-16(26)14-7(19)3-4-8(20)15(14)23/h3-6,11H,2H2,1H3,(H,27,28). The van der Waals surface area contributed by atoms with Gasteiger partial charge in [-0.2, -0.15) is 4.99 Å². The monoisotopic (exact) mass is 430 g/mol. The lowest BCUT2D eigenvalue weighted by Crippen LogP contribution is -2.27. The number of rotatable bonds is 4. The Morgan fingerprint density at radius 3 is 2.31 bits per heavy atom. The van der Waals surface area contributed by atoms with Crippen LogP contribution in [0.1, 0.15) is 29.7 Å². The van der Waals surface area contributed by atoms with E-state index < -0.39 is 52.6 Å². The SMILES string of the molecule is CCC(C(=O)O)n1c(=NC(=O)c2c(F)ccc(F)c2F)sc2cc(F)c(F)cc21. The molecule has 3 aromatic rings. The topological polar surface area (TPSA) is 71.7 Å². The van der Waals surface area contributed by atoms with Crippen LogP contribution in [0.5, 0.6) is 0 Å². The summed E-state index contributed by atoms with van der Waals surface area (Å²) in [5.41, 5.74) is -1.34. The smallest absolute Gasteiger partial charge is 0.326 e. The van der Waals surface area contributed by atoms with Crippen LogP contribution in [0.4, 0.5) is 22.0 Å². The van der Waals surface area contributed by atoms with Gasteiger partial charge in [0, 0.05) is 6.07 Å². The highest BCUT2D eigenvalue weighted by atomic mass is 32.1. The molecule has 5 nitrogen and oxygen atoms in total. The molecule has 1 N–H and O–H groups in total. The highest BCUT2D eigenvalue weighted by Crippen LogP contribution is 2.26. The van der Waals surface area contributed by atoms with Crippen LogP contribution in [-0.2, 0) is 4.79 Å². The number of aliphatic carboxylic acids is 1. The Morgan fingerprint density at radius 2 is 1.69 bits per heavy atom. The molecule has 0 aliphatic rings. The summed E-state index contributed by atoms with van der Waals surface area (Å²) in [5.74, 6) is -9.94. The summed E-state index contributed by atoms with van der Waals surface area (Å²) in [6, 6.07) is 1.22. The maximum atomic E-state index is 13.9. The molecule has 0 bridgehead atoms. The van der Waals surface area contributed by atoms with Gasteiger partial charge < -0.3 is 9.67 Å². The normalized spacial score (nSPS) is 13.1. The fourth-order valence-electron chi connectivity index (χ4n) is 2.75. The minimum atomic E-state index is -1.76. The van der Waals surface area contributed by atoms with E-state index in [2.05, 4.69) is 4.99 Å². The van der Waals surface area contributed by atoms with E-state index in [9.17, 15) is 36.6 Å². The predicted octanol–water partition coefficient (Wildman–Crippen LogP) is 4.18. The maximum absolute atomic E-state index is 13.9. The number of fused-ring (bicyclic) bond motifs is 1. The van der Waals surface area contributed by atoms with Gasteiger partial charge in [-0.1, -0.05) is 18.3 Å². The molecule has 1 heterocycles. The molecule has 0 aliphatic heterocycles. The number of hydrogen-bond acceptors (Lipinski definition) is 3. The van der Waals surface area contributed by atoms with E-state index in [4.69, 9.17) is 0 Å².